The first-order valence-corrected chi connectivity index (χ1v) is 6.27. The van der Waals surface area contributed by atoms with E-state index in [1.54, 1.807) is 0 Å². The van der Waals surface area contributed by atoms with Gasteiger partial charge < -0.3 is 15.2 Å². The Hall–Kier alpha value is -0.270. The first-order valence-electron chi connectivity index (χ1n) is 4.37. The molecular weight excluding hydrogens is 224 g/mol. The van der Waals surface area contributed by atoms with Crippen LogP contribution in [-0.4, -0.2) is 39.4 Å². The molecule has 14 heavy (non-hydrogen) atoms. The van der Waals surface area contributed by atoms with E-state index in [2.05, 4.69) is 23.3 Å². The third-order valence-electron chi connectivity index (χ3n) is 1.40. The van der Waals surface area contributed by atoms with Crippen molar-refractivity contribution < 1.29 is 13.6 Å². The van der Waals surface area contributed by atoms with Gasteiger partial charge in [0, 0.05) is 13.1 Å². The third-order valence-corrected chi connectivity index (χ3v) is 2.36. The van der Waals surface area contributed by atoms with Gasteiger partial charge in [0.15, 0.2) is 11.1 Å². The molecule has 0 aromatic carbocycles. The minimum absolute atomic E-state index is 0.191. The molecule has 0 aliphatic rings. The summed E-state index contributed by atoms with van der Waals surface area (Å²) < 4.78 is 18.7. The fourth-order valence-corrected chi connectivity index (χ4v) is 1.29. The van der Waals surface area contributed by atoms with Crippen LogP contribution in [0.1, 0.15) is 12.8 Å². The molecule has 0 saturated carbocycles. The Morgan fingerprint density at radius 1 is 1.29 bits per heavy atom. The minimum atomic E-state index is -1.77. The molecule has 0 aromatic heterocycles. The molecule has 1 unspecified atom stereocenters. The zero-order valence-electron chi connectivity index (χ0n) is 7.86. The highest BCUT2D eigenvalue weighted by molar-refractivity contribution is 7.80. The summed E-state index contributed by atoms with van der Waals surface area (Å²) >= 11 is 2.23. The fraction of sp³-hybridized carbons (Fsp3) is 0.857. The molecular formula is C7H16N2O3S2. The van der Waals surface area contributed by atoms with Crippen molar-refractivity contribution in [3.05, 3.63) is 0 Å². The average Bonchev–Trinajstić information content (AvgIpc) is 2.13. The van der Waals surface area contributed by atoms with Gasteiger partial charge in [0.25, 0.3) is 0 Å². The molecule has 3 N–H and O–H groups in total. The molecule has 0 aliphatic carbocycles. The lowest BCUT2D eigenvalue weighted by Crippen LogP contribution is -2.36. The van der Waals surface area contributed by atoms with Crippen LogP contribution in [0.25, 0.3) is 0 Å². The molecule has 0 saturated heterocycles. The summed E-state index contributed by atoms with van der Waals surface area (Å²) in [5.74, 6) is 0.931. The SMILES string of the molecule is O=C(NCCCS)NCCCS(=O)O. The largest absolute Gasteiger partial charge is 0.338 e. The quantitative estimate of drug-likeness (QED) is 0.292. The van der Waals surface area contributed by atoms with E-state index in [0.29, 0.717) is 19.5 Å². The number of nitrogens with one attached hydrogen (secondary N) is 2. The standard InChI is InChI=1S/C7H16N2O3S2/c10-7(8-3-1-5-13)9-4-2-6-14(11)12/h13H,1-6H2,(H,11,12)(H2,8,9,10). The topological polar surface area (TPSA) is 78.4 Å². The molecule has 7 heteroatoms. The van der Waals surface area contributed by atoms with Gasteiger partial charge in [-0.15, -0.1) is 0 Å². The summed E-state index contributed by atoms with van der Waals surface area (Å²) in [5.41, 5.74) is 0. The Kier molecular flexibility index (Phi) is 9.11. The Labute approximate surface area is 91.7 Å². The van der Waals surface area contributed by atoms with Crippen LogP contribution >= 0.6 is 12.6 Å². The maximum atomic E-state index is 11.0. The number of urea groups is 1. The lowest BCUT2D eigenvalue weighted by Gasteiger charge is -2.05. The third kappa shape index (κ3) is 9.82. The lowest BCUT2D eigenvalue weighted by atomic mass is 10.4. The molecule has 0 spiro atoms. The van der Waals surface area contributed by atoms with Crippen molar-refractivity contribution in [2.45, 2.75) is 12.8 Å². The average molecular weight is 240 g/mol. The molecule has 0 fully saturated rings. The Balaban J connectivity index is 3.22. The molecule has 1 atom stereocenters. The number of thiol groups is 1. The van der Waals surface area contributed by atoms with Gasteiger partial charge in [-0.05, 0) is 18.6 Å². The van der Waals surface area contributed by atoms with Crippen LogP contribution in [0, 0.1) is 0 Å². The minimum Gasteiger partial charge on any atom is -0.338 e. The number of hydrogen-bond acceptors (Lipinski definition) is 3. The zero-order chi connectivity index (χ0) is 10.8. The molecule has 0 aliphatic heterocycles. The normalized spacial score (nSPS) is 12.1. The van der Waals surface area contributed by atoms with Crippen LogP contribution in [0.15, 0.2) is 0 Å². The molecule has 84 valence electrons. The van der Waals surface area contributed by atoms with Crippen LogP contribution in [0.2, 0.25) is 0 Å². The first kappa shape index (κ1) is 13.7. The fourth-order valence-electron chi connectivity index (χ4n) is 0.741. The second kappa shape index (κ2) is 9.29. The highest BCUT2D eigenvalue weighted by Gasteiger charge is 1.98. The van der Waals surface area contributed by atoms with Gasteiger partial charge in [-0.1, -0.05) is 0 Å². The van der Waals surface area contributed by atoms with Crippen molar-refractivity contribution in [2.75, 3.05) is 24.6 Å². The molecule has 5 nitrogen and oxygen atoms in total. The summed E-state index contributed by atoms with van der Waals surface area (Å²) in [5, 5.41) is 5.21. The van der Waals surface area contributed by atoms with Crippen molar-refractivity contribution in [3.63, 3.8) is 0 Å². The second-order valence-corrected chi connectivity index (χ2v) is 4.14. The smallest absolute Gasteiger partial charge is 0.314 e. The van der Waals surface area contributed by atoms with Gasteiger partial charge in [0.2, 0.25) is 0 Å². The van der Waals surface area contributed by atoms with E-state index in [-0.39, 0.29) is 11.8 Å². The molecule has 0 bridgehead atoms. The van der Waals surface area contributed by atoms with E-state index in [1.165, 1.54) is 0 Å². The van der Waals surface area contributed by atoms with Crippen molar-refractivity contribution >= 4 is 29.7 Å². The number of carbonyl (C=O) groups is 1. The predicted molar refractivity (Wildman–Crippen MR) is 60.1 cm³/mol. The van der Waals surface area contributed by atoms with Crippen LogP contribution in [0.4, 0.5) is 4.79 Å². The van der Waals surface area contributed by atoms with Crippen LogP contribution in [0.3, 0.4) is 0 Å². The van der Waals surface area contributed by atoms with Crippen LogP contribution in [0.5, 0.6) is 0 Å². The Morgan fingerprint density at radius 2 is 1.86 bits per heavy atom. The number of rotatable bonds is 7. The summed E-state index contributed by atoms with van der Waals surface area (Å²) in [6, 6.07) is -0.240. The maximum absolute atomic E-state index is 11.0. The first-order chi connectivity index (χ1) is 6.66. The summed E-state index contributed by atoms with van der Waals surface area (Å²) in [6.07, 6.45) is 1.33. The van der Waals surface area contributed by atoms with E-state index in [1.807, 2.05) is 0 Å². The van der Waals surface area contributed by atoms with E-state index in [0.717, 1.165) is 12.2 Å². The van der Waals surface area contributed by atoms with Gasteiger partial charge in [0.1, 0.15) is 0 Å². The summed E-state index contributed by atoms with van der Waals surface area (Å²) in [6.45, 7) is 1.01. The molecule has 0 radical (unpaired) electrons. The molecule has 2 amide bonds. The highest BCUT2D eigenvalue weighted by Crippen LogP contribution is 1.82. The van der Waals surface area contributed by atoms with E-state index in [9.17, 15) is 9.00 Å². The van der Waals surface area contributed by atoms with Gasteiger partial charge in [-0.25, -0.2) is 9.00 Å². The second-order valence-electron chi connectivity index (χ2n) is 2.64. The van der Waals surface area contributed by atoms with Crippen molar-refractivity contribution in [1.29, 1.82) is 0 Å². The summed E-state index contributed by atoms with van der Waals surface area (Å²) in [7, 11) is 0. The van der Waals surface area contributed by atoms with E-state index >= 15 is 0 Å². The predicted octanol–water partition coefficient (Wildman–Crippen LogP) is 0.217. The number of carbonyl (C=O) groups excluding carboxylic acids is 1. The maximum Gasteiger partial charge on any atom is 0.314 e. The van der Waals surface area contributed by atoms with Crippen molar-refractivity contribution in [1.82, 2.24) is 10.6 Å². The monoisotopic (exact) mass is 240 g/mol. The van der Waals surface area contributed by atoms with Gasteiger partial charge in [0.05, 0.1) is 5.75 Å². The lowest BCUT2D eigenvalue weighted by molar-refractivity contribution is 0.241. The van der Waals surface area contributed by atoms with Crippen LogP contribution in [-0.2, 0) is 11.1 Å². The van der Waals surface area contributed by atoms with Gasteiger partial charge >= 0.3 is 6.03 Å². The highest BCUT2D eigenvalue weighted by atomic mass is 32.2. The van der Waals surface area contributed by atoms with Gasteiger partial charge in [-0.3, -0.25) is 0 Å². The molecule has 0 heterocycles. The zero-order valence-corrected chi connectivity index (χ0v) is 9.57. The number of amides is 2. The van der Waals surface area contributed by atoms with Crippen molar-refractivity contribution in [2.24, 2.45) is 0 Å². The number of hydrogen-bond donors (Lipinski definition) is 4. The van der Waals surface area contributed by atoms with E-state index in [4.69, 9.17) is 4.55 Å². The van der Waals surface area contributed by atoms with Gasteiger partial charge in [-0.2, -0.15) is 12.6 Å². The Bertz CT molecular complexity index is 190. The van der Waals surface area contributed by atoms with E-state index < -0.39 is 11.1 Å². The molecule has 0 aromatic rings. The Morgan fingerprint density at radius 3 is 2.36 bits per heavy atom. The molecule has 0 rings (SSSR count). The van der Waals surface area contributed by atoms with Crippen LogP contribution < -0.4 is 10.6 Å². The summed E-state index contributed by atoms with van der Waals surface area (Å²) in [4.78, 5) is 11.0. The van der Waals surface area contributed by atoms with Crippen molar-refractivity contribution in [3.8, 4) is 0 Å².